The summed E-state index contributed by atoms with van der Waals surface area (Å²) in [6.07, 6.45) is 1.53. The van der Waals surface area contributed by atoms with Crippen LogP contribution < -0.4 is 4.90 Å². The molecule has 0 spiro atoms. The Morgan fingerprint density at radius 2 is 1.84 bits per heavy atom. The number of carbonyl (C=O) groups is 1. The van der Waals surface area contributed by atoms with Gasteiger partial charge in [-0.05, 0) is 37.6 Å². The van der Waals surface area contributed by atoms with Crippen LogP contribution in [0.2, 0.25) is 0 Å². The van der Waals surface area contributed by atoms with Gasteiger partial charge in [0.2, 0.25) is 10.0 Å². The summed E-state index contributed by atoms with van der Waals surface area (Å²) in [6, 6.07) is 10.1. The number of nitrogens with zero attached hydrogens (tertiary/aromatic N) is 4. The first kappa shape index (κ1) is 21.9. The van der Waals surface area contributed by atoms with E-state index in [1.165, 1.54) is 22.1 Å². The fourth-order valence-electron chi connectivity index (χ4n) is 4.32. The quantitative estimate of drug-likeness (QED) is 0.715. The molecule has 168 valence electrons. The fraction of sp³-hybridized carbons (Fsp3) is 0.500. The van der Waals surface area contributed by atoms with Crippen LogP contribution in [0, 0.1) is 6.92 Å². The van der Waals surface area contributed by atoms with E-state index in [-0.39, 0.29) is 16.8 Å². The molecule has 4 rings (SSSR count). The number of amides is 1. The fourth-order valence-corrected chi connectivity index (χ4v) is 5.80. The van der Waals surface area contributed by atoms with E-state index in [0.29, 0.717) is 45.1 Å². The van der Waals surface area contributed by atoms with E-state index in [1.54, 1.807) is 11.6 Å². The van der Waals surface area contributed by atoms with Crippen LogP contribution >= 0.6 is 0 Å². The van der Waals surface area contributed by atoms with Crippen LogP contribution in [0.5, 0.6) is 0 Å². The summed E-state index contributed by atoms with van der Waals surface area (Å²) >= 11 is 0. The van der Waals surface area contributed by atoms with Crippen molar-refractivity contribution in [2.75, 3.05) is 50.8 Å². The molecule has 0 N–H and O–H groups in total. The third-order valence-electron chi connectivity index (χ3n) is 6.05. The lowest BCUT2D eigenvalue weighted by atomic mass is 10.1. The van der Waals surface area contributed by atoms with E-state index < -0.39 is 10.0 Å². The van der Waals surface area contributed by atoms with Gasteiger partial charge in [0.25, 0.3) is 5.91 Å². The van der Waals surface area contributed by atoms with Crippen molar-refractivity contribution in [3.8, 4) is 0 Å². The summed E-state index contributed by atoms with van der Waals surface area (Å²) in [7, 11) is -1.91. The molecule has 0 aliphatic carbocycles. The number of sulfonamides is 1. The number of anilines is 1. The molecule has 0 saturated carbocycles. The van der Waals surface area contributed by atoms with Gasteiger partial charge in [-0.15, -0.1) is 0 Å². The van der Waals surface area contributed by atoms with Crippen LogP contribution in [0.3, 0.4) is 0 Å². The summed E-state index contributed by atoms with van der Waals surface area (Å²) in [4.78, 5) is 17.5. The van der Waals surface area contributed by atoms with E-state index in [4.69, 9.17) is 4.74 Å². The maximum atomic E-state index is 13.2. The zero-order valence-electron chi connectivity index (χ0n) is 18.3. The van der Waals surface area contributed by atoms with Gasteiger partial charge < -0.3 is 19.1 Å². The molecule has 8 nitrogen and oxygen atoms in total. The lowest BCUT2D eigenvalue weighted by molar-refractivity contribution is 0.0716. The van der Waals surface area contributed by atoms with E-state index in [0.717, 1.165) is 12.2 Å². The average Bonchev–Trinajstić information content (AvgIpc) is 3.16. The van der Waals surface area contributed by atoms with E-state index in [1.807, 2.05) is 4.90 Å². The number of aryl methyl sites for hydroxylation is 2. The number of piperazine rings is 1. The van der Waals surface area contributed by atoms with Gasteiger partial charge in [0.15, 0.2) is 0 Å². The average molecular weight is 447 g/mol. The predicted molar refractivity (Wildman–Crippen MR) is 119 cm³/mol. The largest absolute Gasteiger partial charge is 0.379 e. The van der Waals surface area contributed by atoms with E-state index in [9.17, 15) is 13.2 Å². The molecule has 1 aromatic carbocycles. The molecule has 2 aromatic rings. The third kappa shape index (κ3) is 4.35. The van der Waals surface area contributed by atoms with E-state index >= 15 is 0 Å². The Labute approximate surface area is 184 Å². The zero-order valence-corrected chi connectivity index (χ0v) is 19.1. The molecule has 2 saturated heterocycles. The highest BCUT2D eigenvalue weighted by Crippen LogP contribution is 2.24. The number of hydrogen-bond acceptors (Lipinski definition) is 5. The SMILES string of the molecule is Cc1cccc(N2CCN(C(=O)c3cc(S(=O)(=O)N4CCOCC4)cn3C)C[C@@H]2C)c1. The maximum absolute atomic E-state index is 13.2. The number of ether oxygens (including phenoxy) is 1. The first-order valence-corrected chi connectivity index (χ1v) is 12.1. The smallest absolute Gasteiger partial charge is 0.270 e. The van der Waals surface area contributed by atoms with Crippen molar-refractivity contribution in [3.63, 3.8) is 0 Å². The van der Waals surface area contributed by atoms with Gasteiger partial charge in [0.1, 0.15) is 10.6 Å². The molecule has 2 aliphatic heterocycles. The number of benzene rings is 1. The van der Waals surface area contributed by atoms with Crippen molar-refractivity contribution in [3.05, 3.63) is 47.8 Å². The Morgan fingerprint density at radius 1 is 1.10 bits per heavy atom. The normalized spacial score (nSPS) is 20.8. The van der Waals surface area contributed by atoms with Crippen molar-refractivity contribution >= 4 is 21.6 Å². The van der Waals surface area contributed by atoms with Gasteiger partial charge in [-0.3, -0.25) is 4.79 Å². The second-order valence-corrected chi connectivity index (χ2v) is 10.3. The van der Waals surface area contributed by atoms with Gasteiger partial charge >= 0.3 is 0 Å². The number of rotatable bonds is 4. The Kier molecular flexibility index (Phi) is 6.09. The molecule has 1 amide bonds. The molecular weight excluding hydrogens is 416 g/mol. The van der Waals surface area contributed by atoms with Crippen LogP contribution in [0.25, 0.3) is 0 Å². The summed E-state index contributed by atoms with van der Waals surface area (Å²) < 4.78 is 34.2. The summed E-state index contributed by atoms with van der Waals surface area (Å²) in [5, 5.41) is 0. The molecule has 1 atom stereocenters. The van der Waals surface area contributed by atoms with Gasteiger partial charge in [-0.2, -0.15) is 4.31 Å². The minimum Gasteiger partial charge on any atom is -0.379 e. The van der Waals surface area contributed by atoms with Crippen LogP contribution in [0.1, 0.15) is 23.0 Å². The molecule has 0 bridgehead atoms. The Hall–Kier alpha value is -2.36. The standard InChI is InChI=1S/C22H30N4O4S/c1-17-5-4-6-19(13-17)26-8-7-24(15-18(26)2)22(27)21-14-20(16-23(21)3)31(28,29)25-9-11-30-12-10-25/h4-6,13-14,16,18H,7-12,15H2,1-3H3/t18-/m0/s1. The predicted octanol–water partition coefficient (Wildman–Crippen LogP) is 1.71. The number of morpholine rings is 1. The molecule has 3 heterocycles. The number of hydrogen-bond donors (Lipinski definition) is 0. The first-order valence-electron chi connectivity index (χ1n) is 10.6. The van der Waals surface area contributed by atoms with Crippen LogP contribution in [0.4, 0.5) is 5.69 Å². The first-order chi connectivity index (χ1) is 14.8. The summed E-state index contributed by atoms with van der Waals surface area (Å²) in [6.45, 7) is 7.55. The van der Waals surface area contributed by atoms with Crippen molar-refractivity contribution < 1.29 is 17.9 Å². The highest BCUT2D eigenvalue weighted by Gasteiger charge is 2.32. The van der Waals surface area contributed by atoms with Crippen molar-refractivity contribution in [1.29, 1.82) is 0 Å². The third-order valence-corrected chi connectivity index (χ3v) is 7.92. The van der Waals surface area contributed by atoms with Crippen molar-refractivity contribution in [1.82, 2.24) is 13.8 Å². The Balaban J connectivity index is 1.49. The molecule has 0 radical (unpaired) electrons. The highest BCUT2D eigenvalue weighted by molar-refractivity contribution is 7.89. The summed E-state index contributed by atoms with van der Waals surface area (Å²) in [5.74, 6) is -0.137. The minimum atomic E-state index is -3.63. The number of aromatic nitrogens is 1. The van der Waals surface area contributed by atoms with Crippen molar-refractivity contribution in [2.45, 2.75) is 24.8 Å². The van der Waals surface area contributed by atoms with Crippen LogP contribution in [-0.4, -0.2) is 80.1 Å². The van der Waals surface area contributed by atoms with Gasteiger partial charge in [0, 0.05) is 57.7 Å². The topological polar surface area (TPSA) is 75.1 Å². The molecule has 1 aromatic heterocycles. The van der Waals surface area contributed by atoms with Crippen molar-refractivity contribution in [2.24, 2.45) is 7.05 Å². The number of carbonyl (C=O) groups excluding carboxylic acids is 1. The lowest BCUT2D eigenvalue weighted by Crippen LogP contribution is -2.54. The lowest BCUT2D eigenvalue weighted by Gasteiger charge is -2.41. The zero-order chi connectivity index (χ0) is 22.2. The van der Waals surface area contributed by atoms with E-state index in [2.05, 4.69) is 43.0 Å². The molecule has 0 unspecified atom stereocenters. The Morgan fingerprint density at radius 3 is 2.52 bits per heavy atom. The minimum absolute atomic E-state index is 0.137. The molecule has 2 fully saturated rings. The second kappa shape index (κ2) is 8.64. The molecule has 31 heavy (non-hydrogen) atoms. The monoisotopic (exact) mass is 446 g/mol. The molecular formula is C22H30N4O4S. The maximum Gasteiger partial charge on any atom is 0.270 e. The van der Waals surface area contributed by atoms with Gasteiger partial charge in [-0.1, -0.05) is 12.1 Å². The van der Waals surface area contributed by atoms with Gasteiger partial charge in [-0.25, -0.2) is 8.42 Å². The summed E-state index contributed by atoms with van der Waals surface area (Å²) in [5.41, 5.74) is 2.77. The molecule has 9 heteroatoms. The Bertz CT molecular complexity index is 1060. The van der Waals surface area contributed by atoms with Crippen LogP contribution in [-0.2, 0) is 21.8 Å². The molecule has 2 aliphatic rings. The van der Waals surface area contributed by atoms with Crippen LogP contribution in [0.15, 0.2) is 41.4 Å². The van der Waals surface area contributed by atoms with Gasteiger partial charge in [0.05, 0.1) is 13.2 Å². The second-order valence-electron chi connectivity index (χ2n) is 8.32. The highest BCUT2D eigenvalue weighted by atomic mass is 32.2.